The summed E-state index contributed by atoms with van der Waals surface area (Å²) < 4.78 is 5.32. The van der Waals surface area contributed by atoms with Gasteiger partial charge in [-0.25, -0.2) is 4.79 Å². The number of carbonyl (C=O) groups is 1. The number of nitrogens with two attached hydrogens (primary N) is 1. The van der Waals surface area contributed by atoms with Crippen molar-refractivity contribution in [1.29, 1.82) is 0 Å². The van der Waals surface area contributed by atoms with Gasteiger partial charge in [-0.1, -0.05) is 12.8 Å². The normalized spacial score (nSPS) is 11.8. The Kier molecular flexibility index (Phi) is 11.2. The van der Waals surface area contributed by atoms with Crippen LogP contribution in [-0.2, 0) is 4.74 Å². The highest BCUT2D eigenvalue weighted by molar-refractivity contribution is 5.67. The number of rotatable bonds is 11. The summed E-state index contributed by atoms with van der Waals surface area (Å²) in [5.41, 5.74) is 5.01. The smallest absolute Gasteiger partial charge is 0.410 e. The van der Waals surface area contributed by atoms with Gasteiger partial charge in [0, 0.05) is 26.7 Å². The molecular formula is C16H35N3O3. The lowest BCUT2D eigenvalue weighted by Gasteiger charge is -2.27. The van der Waals surface area contributed by atoms with Gasteiger partial charge in [-0.2, -0.15) is 0 Å². The molecule has 6 heteroatoms. The molecule has 0 rings (SSSR count). The molecule has 0 bridgehead atoms. The summed E-state index contributed by atoms with van der Waals surface area (Å²) in [6, 6.07) is 0. The number of hydrogen-bond donors (Lipinski definition) is 2. The van der Waals surface area contributed by atoms with Crippen LogP contribution in [0.25, 0.3) is 0 Å². The fraction of sp³-hybridized carbons (Fsp3) is 0.938. The second kappa shape index (κ2) is 11.7. The van der Waals surface area contributed by atoms with Crippen LogP contribution in [0.3, 0.4) is 0 Å². The van der Waals surface area contributed by atoms with E-state index < -0.39 is 5.60 Å². The number of unbranched alkanes of at least 4 members (excludes halogenated alkanes) is 3. The second-order valence-corrected chi connectivity index (χ2v) is 6.67. The molecule has 0 aromatic carbocycles. The zero-order valence-electron chi connectivity index (χ0n) is 14.8. The summed E-state index contributed by atoms with van der Waals surface area (Å²) in [6.07, 6.45) is 4.17. The minimum Gasteiger partial charge on any atom is -0.444 e. The van der Waals surface area contributed by atoms with Crippen LogP contribution in [0, 0.1) is 0 Å². The van der Waals surface area contributed by atoms with Crippen LogP contribution < -0.4 is 5.73 Å². The Morgan fingerprint density at radius 2 is 1.68 bits per heavy atom. The number of ether oxygens (including phenoxy) is 1. The van der Waals surface area contributed by atoms with E-state index in [9.17, 15) is 4.79 Å². The fourth-order valence-electron chi connectivity index (χ4n) is 2.03. The van der Waals surface area contributed by atoms with Crippen molar-refractivity contribution in [2.45, 2.75) is 52.1 Å². The monoisotopic (exact) mass is 317 g/mol. The number of carbonyl (C=O) groups excluding carboxylic acids is 1. The quantitative estimate of drug-likeness (QED) is 0.567. The third-order valence-corrected chi connectivity index (χ3v) is 3.30. The van der Waals surface area contributed by atoms with Gasteiger partial charge in [0.1, 0.15) is 5.60 Å². The molecule has 22 heavy (non-hydrogen) atoms. The predicted octanol–water partition coefficient (Wildman–Crippen LogP) is 1.67. The van der Waals surface area contributed by atoms with Gasteiger partial charge in [-0.15, -0.1) is 0 Å². The van der Waals surface area contributed by atoms with Gasteiger partial charge in [0.2, 0.25) is 0 Å². The molecule has 0 fully saturated rings. The molecule has 6 nitrogen and oxygen atoms in total. The van der Waals surface area contributed by atoms with Gasteiger partial charge in [-0.3, -0.25) is 4.90 Å². The number of likely N-dealkylation sites (N-methyl/N-ethyl adjacent to an activating group) is 1. The average molecular weight is 317 g/mol. The number of aliphatic hydroxyl groups is 1. The number of amides is 1. The summed E-state index contributed by atoms with van der Waals surface area (Å²) in [4.78, 5) is 15.7. The number of nitrogens with zero attached hydrogens (tertiary/aromatic N) is 2. The molecule has 0 saturated carbocycles. The highest BCUT2D eigenvalue weighted by Crippen LogP contribution is 2.09. The molecule has 0 aromatic rings. The standard InChI is InChI=1S/C16H35N3O3/c1-16(2,3)22-15(21)18(4)11-12-19(13-14-20)10-8-6-5-7-9-17/h20H,5-14,17H2,1-4H3. The van der Waals surface area contributed by atoms with Crippen LogP contribution in [0.2, 0.25) is 0 Å². The Balaban J connectivity index is 4.03. The van der Waals surface area contributed by atoms with E-state index in [1.54, 1.807) is 11.9 Å². The number of hydrogen-bond acceptors (Lipinski definition) is 5. The minimum atomic E-state index is -0.473. The topological polar surface area (TPSA) is 79.0 Å². The van der Waals surface area contributed by atoms with E-state index in [1.807, 2.05) is 20.8 Å². The average Bonchev–Trinajstić information content (AvgIpc) is 2.42. The van der Waals surface area contributed by atoms with Crippen LogP contribution in [-0.4, -0.2) is 73.0 Å². The van der Waals surface area contributed by atoms with E-state index in [2.05, 4.69) is 4.90 Å². The van der Waals surface area contributed by atoms with Crippen LogP contribution in [0.5, 0.6) is 0 Å². The molecule has 132 valence electrons. The summed E-state index contributed by atoms with van der Waals surface area (Å²) in [7, 11) is 1.74. The fourth-order valence-corrected chi connectivity index (χ4v) is 2.03. The van der Waals surface area contributed by atoms with Crippen molar-refractivity contribution in [2.75, 3.05) is 46.4 Å². The first-order chi connectivity index (χ1) is 10.3. The van der Waals surface area contributed by atoms with E-state index in [0.717, 1.165) is 45.3 Å². The Hall–Kier alpha value is -0.850. The SMILES string of the molecule is CN(CCN(CCO)CCCCCCN)C(=O)OC(C)(C)C. The first kappa shape index (κ1) is 21.1. The lowest BCUT2D eigenvalue weighted by atomic mass is 10.2. The minimum absolute atomic E-state index is 0.138. The maximum Gasteiger partial charge on any atom is 0.410 e. The highest BCUT2D eigenvalue weighted by atomic mass is 16.6. The molecule has 0 aliphatic rings. The van der Waals surface area contributed by atoms with Crippen molar-refractivity contribution in [3.8, 4) is 0 Å². The van der Waals surface area contributed by atoms with E-state index >= 15 is 0 Å². The van der Waals surface area contributed by atoms with Gasteiger partial charge in [0.25, 0.3) is 0 Å². The molecule has 0 spiro atoms. The molecule has 0 aromatic heterocycles. The summed E-state index contributed by atoms with van der Waals surface area (Å²) in [5.74, 6) is 0. The lowest BCUT2D eigenvalue weighted by Crippen LogP contribution is -2.40. The Morgan fingerprint density at radius 1 is 1.05 bits per heavy atom. The first-order valence-electron chi connectivity index (χ1n) is 8.27. The van der Waals surface area contributed by atoms with Crippen LogP contribution in [0.4, 0.5) is 4.79 Å². The van der Waals surface area contributed by atoms with E-state index in [1.165, 1.54) is 0 Å². The van der Waals surface area contributed by atoms with Gasteiger partial charge in [0.05, 0.1) is 6.61 Å². The molecule has 0 atom stereocenters. The second-order valence-electron chi connectivity index (χ2n) is 6.67. The molecule has 0 aliphatic carbocycles. The highest BCUT2D eigenvalue weighted by Gasteiger charge is 2.19. The van der Waals surface area contributed by atoms with Gasteiger partial charge in [-0.05, 0) is 46.7 Å². The van der Waals surface area contributed by atoms with Crippen molar-refractivity contribution in [2.24, 2.45) is 5.73 Å². The van der Waals surface area contributed by atoms with Crippen LogP contribution >= 0.6 is 0 Å². The third-order valence-electron chi connectivity index (χ3n) is 3.30. The largest absolute Gasteiger partial charge is 0.444 e. The number of aliphatic hydroxyl groups excluding tert-OH is 1. The zero-order chi connectivity index (χ0) is 17.0. The Bertz CT molecular complexity index is 293. The molecule has 0 unspecified atom stereocenters. The zero-order valence-corrected chi connectivity index (χ0v) is 14.8. The first-order valence-corrected chi connectivity index (χ1v) is 8.27. The van der Waals surface area contributed by atoms with E-state index in [0.29, 0.717) is 13.1 Å². The maximum atomic E-state index is 11.9. The van der Waals surface area contributed by atoms with Crippen molar-refractivity contribution in [1.82, 2.24) is 9.80 Å². The predicted molar refractivity (Wildman–Crippen MR) is 89.9 cm³/mol. The van der Waals surface area contributed by atoms with Crippen LogP contribution in [0.1, 0.15) is 46.5 Å². The van der Waals surface area contributed by atoms with Crippen molar-refractivity contribution in [3.05, 3.63) is 0 Å². The summed E-state index contributed by atoms with van der Waals surface area (Å²) in [5, 5.41) is 9.14. The Labute approximate surface area is 135 Å². The summed E-state index contributed by atoms with van der Waals surface area (Å²) in [6.45, 7) is 9.38. The van der Waals surface area contributed by atoms with Crippen molar-refractivity contribution < 1.29 is 14.6 Å². The lowest BCUT2D eigenvalue weighted by molar-refractivity contribution is 0.0280. The molecule has 0 aliphatic heterocycles. The maximum absolute atomic E-state index is 11.9. The van der Waals surface area contributed by atoms with E-state index in [-0.39, 0.29) is 12.7 Å². The van der Waals surface area contributed by atoms with Crippen molar-refractivity contribution in [3.63, 3.8) is 0 Å². The molecular weight excluding hydrogens is 282 g/mol. The molecule has 0 heterocycles. The van der Waals surface area contributed by atoms with Gasteiger partial charge < -0.3 is 20.5 Å². The molecule has 1 amide bonds. The Morgan fingerprint density at radius 3 is 2.23 bits per heavy atom. The van der Waals surface area contributed by atoms with Crippen LogP contribution in [0.15, 0.2) is 0 Å². The summed E-state index contributed by atoms with van der Waals surface area (Å²) >= 11 is 0. The van der Waals surface area contributed by atoms with Gasteiger partial charge in [0.15, 0.2) is 0 Å². The van der Waals surface area contributed by atoms with E-state index in [4.69, 9.17) is 15.6 Å². The van der Waals surface area contributed by atoms with Gasteiger partial charge >= 0.3 is 6.09 Å². The molecule has 0 radical (unpaired) electrons. The third kappa shape index (κ3) is 11.8. The molecule has 0 saturated heterocycles. The molecule has 3 N–H and O–H groups in total. The van der Waals surface area contributed by atoms with Crippen molar-refractivity contribution >= 4 is 6.09 Å².